The van der Waals surface area contributed by atoms with Crippen molar-refractivity contribution in [3.05, 3.63) is 29.8 Å². The first-order valence-electron chi connectivity index (χ1n) is 5.04. The monoisotopic (exact) mass is 240 g/mol. The van der Waals surface area contributed by atoms with Crippen molar-refractivity contribution >= 4 is 17.5 Å². The number of primary amides is 1. The number of nitrogens with two attached hydrogens (primary N) is 1. The fraction of sp³-hybridized carbons (Fsp3) is 0.273. The number of rotatable bonds is 2. The van der Waals surface area contributed by atoms with Crippen LogP contribution in [0, 0.1) is 17.6 Å². The van der Waals surface area contributed by atoms with E-state index in [1.54, 1.807) is 0 Å². The summed E-state index contributed by atoms with van der Waals surface area (Å²) in [7, 11) is 0. The molecule has 90 valence electrons. The summed E-state index contributed by atoms with van der Waals surface area (Å²) in [6.45, 7) is 0.0384. The van der Waals surface area contributed by atoms with Gasteiger partial charge in [-0.2, -0.15) is 0 Å². The van der Waals surface area contributed by atoms with Crippen LogP contribution in [-0.4, -0.2) is 18.4 Å². The average molecular weight is 240 g/mol. The minimum Gasteiger partial charge on any atom is -0.369 e. The third-order valence-electron chi connectivity index (χ3n) is 2.73. The van der Waals surface area contributed by atoms with Crippen LogP contribution in [0.15, 0.2) is 18.2 Å². The van der Waals surface area contributed by atoms with Crippen LogP contribution in [0.5, 0.6) is 0 Å². The second kappa shape index (κ2) is 4.12. The number of benzene rings is 1. The normalized spacial score (nSPS) is 19.8. The molecule has 0 aromatic heterocycles. The van der Waals surface area contributed by atoms with Gasteiger partial charge in [0.25, 0.3) is 0 Å². The molecule has 6 heteroatoms. The summed E-state index contributed by atoms with van der Waals surface area (Å²) >= 11 is 0. The van der Waals surface area contributed by atoms with Crippen LogP contribution in [0.25, 0.3) is 0 Å². The second-order valence-electron chi connectivity index (χ2n) is 3.90. The first-order chi connectivity index (χ1) is 7.99. The number of anilines is 1. The van der Waals surface area contributed by atoms with Gasteiger partial charge in [0.1, 0.15) is 11.6 Å². The standard InChI is InChI=1S/C11H10F2N2O2/c12-7-1-2-9(8(13)4-7)15-5-6(11(14)17)3-10(15)16/h1-2,4,6H,3,5H2,(H2,14,17). The number of amides is 2. The Morgan fingerprint density at radius 3 is 2.65 bits per heavy atom. The molecular formula is C11H10F2N2O2. The first-order valence-corrected chi connectivity index (χ1v) is 5.04. The molecule has 0 bridgehead atoms. The second-order valence-corrected chi connectivity index (χ2v) is 3.90. The first kappa shape index (κ1) is 11.5. The Morgan fingerprint density at radius 1 is 1.41 bits per heavy atom. The zero-order chi connectivity index (χ0) is 12.6. The lowest BCUT2D eigenvalue weighted by atomic mass is 10.1. The molecule has 1 heterocycles. The molecule has 1 fully saturated rings. The summed E-state index contributed by atoms with van der Waals surface area (Å²) in [5.41, 5.74) is 5.06. The van der Waals surface area contributed by atoms with E-state index in [0.717, 1.165) is 11.0 Å². The van der Waals surface area contributed by atoms with Crippen molar-refractivity contribution in [1.29, 1.82) is 0 Å². The van der Waals surface area contributed by atoms with Crippen LogP contribution >= 0.6 is 0 Å². The predicted molar refractivity (Wildman–Crippen MR) is 56.0 cm³/mol. The van der Waals surface area contributed by atoms with Crippen molar-refractivity contribution in [2.45, 2.75) is 6.42 Å². The van der Waals surface area contributed by atoms with E-state index < -0.39 is 23.5 Å². The van der Waals surface area contributed by atoms with Gasteiger partial charge in [-0.1, -0.05) is 0 Å². The van der Waals surface area contributed by atoms with Gasteiger partial charge in [0, 0.05) is 19.0 Å². The summed E-state index contributed by atoms with van der Waals surface area (Å²) in [4.78, 5) is 23.7. The third-order valence-corrected chi connectivity index (χ3v) is 2.73. The van der Waals surface area contributed by atoms with Crippen LogP contribution in [0.1, 0.15) is 6.42 Å². The van der Waals surface area contributed by atoms with Crippen LogP contribution in [-0.2, 0) is 9.59 Å². The molecule has 0 spiro atoms. The van der Waals surface area contributed by atoms with Crippen molar-refractivity contribution in [1.82, 2.24) is 0 Å². The van der Waals surface area contributed by atoms with Gasteiger partial charge in [-0.3, -0.25) is 9.59 Å². The van der Waals surface area contributed by atoms with Gasteiger partial charge < -0.3 is 10.6 Å². The highest BCUT2D eigenvalue weighted by molar-refractivity contribution is 6.00. The average Bonchev–Trinajstić information content (AvgIpc) is 2.61. The smallest absolute Gasteiger partial charge is 0.227 e. The Bertz CT molecular complexity index is 490. The van der Waals surface area contributed by atoms with Crippen LogP contribution < -0.4 is 10.6 Å². The highest BCUT2D eigenvalue weighted by Crippen LogP contribution is 2.27. The molecule has 0 aliphatic carbocycles. The molecule has 1 aromatic carbocycles. The third kappa shape index (κ3) is 2.11. The van der Waals surface area contributed by atoms with Crippen LogP contribution in [0.4, 0.5) is 14.5 Å². The highest BCUT2D eigenvalue weighted by Gasteiger charge is 2.35. The summed E-state index contributed by atoms with van der Waals surface area (Å²) in [6.07, 6.45) is -0.0356. The number of nitrogens with zero attached hydrogens (tertiary/aromatic N) is 1. The zero-order valence-electron chi connectivity index (χ0n) is 8.82. The molecule has 1 atom stereocenters. The van der Waals surface area contributed by atoms with Crippen molar-refractivity contribution in [3.8, 4) is 0 Å². The van der Waals surface area contributed by atoms with Gasteiger partial charge in [-0.25, -0.2) is 8.78 Å². The van der Waals surface area contributed by atoms with Gasteiger partial charge in [0.05, 0.1) is 11.6 Å². The Hall–Kier alpha value is -1.98. The largest absolute Gasteiger partial charge is 0.369 e. The van der Waals surface area contributed by atoms with Crippen LogP contribution in [0.3, 0.4) is 0 Å². The molecule has 2 rings (SSSR count). The molecule has 1 aromatic rings. The summed E-state index contributed by atoms with van der Waals surface area (Å²) in [5, 5.41) is 0. The summed E-state index contributed by atoms with van der Waals surface area (Å²) in [6, 6.07) is 2.93. The summed E-state index contributed by atoms with van der Waals surface area (Å²) in [5.74, 6) is -3.15. The maximum Gasteiger partial charge on any atom is 0.227 e. The number of hydrogen-bond donors (Lipinski definition) is 1. The Kier molecular flexibility index (Phi) is 2.79. The van der Waals surface area contributed by atoms with E-state index >= 15 is 0 Å². The maximum absolute atomic E-state index is 13.5. The SMILES string of the molecule is NC(=O)C1CC(=O)N(c2ccc(F)cc2F)C1. The van der Waals surface area contributed by atoms with Crippen molar-refractivity contribution < 1.29 is 18.4 Å². The van der Waals surface area contributed by atoms with Gasteiger partial charge in [0.2, 0.25) is 11.8 Å². The van der Waals surface area contributed by atoms with Crippen molar-refractivity contribution in [2.24, 2.45) is 11.7 Å². The number of carbonyl (C=O) groups is 2. The molecule has 2 amide bonds. The lowest BCUT2D eigenvalue weighted by Crippen LogP contribution is -2.29. The number of halogens is 2. The van der Waals surface area contributed by atoms with Crippen LogP contribution in [0.2, 0.25) is 0 Å². The lowest BCUT2D eigenvalue weighted by Gasteiger charge is -2.16. The molecule has 17 heavy (non-hydrogen) atoms. The lowest BCUT2D eigenvalue weighted by molar-refractivity contribution is -0.123. The fourth-order valence-corrected chi connectivity index (χ4v) is 1.83. The molecule has 1 aliphatic rings. The quantitative estimate of drug-likeness (QED) is 0.831. The van der Waals surface area contributed by atoms with Gasteiger partial charge in [-0.15, -0.1) is 0 Å². The molecule has 1 unspecified atom stereocenters. The molecular weight excluding hydrogens is 230 g/mol. The molecule has 0 radical (unpaired) electrons. The summed E-state index contributed by atoms with van der Waals surface area (Å²) < 4.78 is 26.2. The molecule has 1 aliphatic heterocycles. The maximum atomic E-state index is 13.5. The van der Waals surface area contributed by atoms with Gasteiger partial charge in [-0.05, 0) is 12.1 Å². The van der Waals surface area contributed by atoms with E-state index in [-0.39, 0.29) is 24.6 Å². The number of hydrogen-bond acceptors (Lipinski definition) is 2. The van der Waals surface area contributed by atoms with E-state index in [1.807, 2.05) is 0 Å². The van der Waals surface area contributed by atoms with Crippen molar-refractivity contribution in [3.63, 3.8) is 0 Å². The zero-order valence-corrected chi connectivity index (χ0v) is 8.82. The van der Waals surface area contributed by atoms with Gasteiger partial charge in [0.15, 0.2) is 0 Å². The minimum atomic E-state index is -0.830. The Balaban J connectivity index is 2.29. The van der Waals surface area contributed by atoms with Crippen molar-refractivity contribution in [2.75, 3.05) is 11.4 Å². The van der Waals surface area contributed by atoms with E-state index in [2.05, 4.69) is 0 Å². The highest BCUT2D eigenvalue weighted by atomic mass is 19.1. The van der Waals surface area contributed by atoms with E-state index in [1.165, 1.54) is 6.07 Å². The fourth-order valence-electron chi connectivity index (χ4n) is 1.83. The molecule has 1 saturated heterocycles. The Labute approximate surface area is 96.0 Å². The molecule has 2 N–H and O–H groups in total. The number of carbonyl (C=O) groups excluding carboxylic acids is 2. The van der Waals surface area contributed by atoms with E-state index in [4.69, 9.17) is 5.73 Å². The van der Waals surface area contributed by atoms with E-state index in [9.17, 15) is 18.4 Å². The van der Waals surface area contributed by atoms with Gasteiger partial charge >= 0.3 is 0 Å². The molecule has 4 nitrogen and oxygen atoms in total. The minimum absolute atomic E-state index is 0.0276. The van der Waals surface area contributed by atoms with E-state index in [0.29, 0.717) is 6.07 Å². The Morgan fingerprint density at radius 2 is 2.12 bits per heavy atom. The topological polar surface area (TPSA) is 63.4 Å². The molecule has 0 saturated carbocycles. The predicted octanol–water partition coefficient (Wildman–Crippen LogP) is 0.803.